The molecule has 9 nitrogen and oxygen atoms in total. The van der Waals surface area contributed by atoms with Gasteiger partial charge in [-0.1, -0.05) is 88.1 Å². The molecular weight excluding hydrogens is 647 g/mol. The highest BCUT2D eigenvalue weighted by Crippen LogP contribution is 2.44. The van der Waals surface area contributed by atoms with Crippen LogP contribution in [0.15, 0.2) is 82.6 Å². The fraction of sp³-hybridized carbons (Fsp3) is 0.459. The summed E-state index contributed by atoms with van der Waals surface area (Å²) in [6.45, 7) is 9.56. The van der Waals surface area contributed by atoms with Crippen molar-refractivity contribution >= 4 is 45.0 Å². The van der Waals surface area contributed by atoms with Crippen LogP contribution in [0, 0.1) is 0 Å². The number of carbonyl (C=O) groups is 2. The zero-order valence-electron chi connectivity index (χ0n) is 28.9. The fourth-order valence-electron chi connectivity index (χ4n) is 5.87. The van der Waals surface area contributed by atoms with Gasteiger partial charge in [-0.2, -0.15) is 0 Å². The number of hydrogen-bond acceptors (Lipinski definition) is 8. The molecule has 1 aliphatic rings. The minimum absolute atomic E-state index is 0.0883. The minimum Gasteiger partial charge on any atom is -0.483 e. The van der Waals surface area contributed by atoms with E-state index in [1.165, 1.54) is 17.8 Å². The molecule has 11 heteroatoms. The maximum atomic E-state index is 14.3. The summed E-state index contributed by atoms with van der Waals surface area (Å²) in [5.41, 5.74) is 0.595. The third-order valence-electron chi connectivity index (χ3n) is 8.16. The Morgan fingerprint density at radius 3 is 2.15 bits per heavy atom. The van der Waals surface area contributed by atoms with E-state index in [-0.39, 0.29) is 10.6 Å². The molecule has 0 radical (unpaired) electrons. The molecule has 260 valence electrons. The number of anilines is 2. The number of hydrogen-bond donors (Lipinski definition) is 2. The van der Waals surface area contributed by atoms with E-state index in [9.17, 15) is 18.0 Å². The largest absolute Gasteiger partial charge is 0.483 e. The number of rotatable bonds is 14. The van der Waals surface area contributed by atoms with Crippen LogP contribution in [-0.2, 0) is 24.3 Å². The highest BCUT2D eigenvalue weighted by atomic mass is 32.2. The smallest absolute Gasteiger partial charge is 0.333 e. The van der Waals surface area contributed by atoms with Gasteiger partial charge in [0.2, 0.25) is 10.0 Å². The van der Waals surface area contributed by atoms with Crippen molar-refractivity contribution in [2.24, 2.45) is 0 Å². The van der Waals surface area contributed by atoms with Gasteiger partial charge in [-0.05, 0) is 63.6 Å². The lowest BCUT2D eigenvalue weighted by Gasteiger charge is -2.37. The maximum absolute atomic E-state index is 14.3. The number of esters is 1. The molecule has 48 heavy (non-hydrogen) atoms. The van der Waals surface area contributed by atoms with Gasteiger partial charge in [0.25, 0.3) is 5.91 Å². The second kappa shape index (κ2) is 16.2. The number of fused-ring (bicyclic) bond motifs is 1. The Morgan fingerprint density at radius 2 is 1.58 bits per heavy atom. The molecule has 0 unspecified atom stereocenters. The molecule has 1 atom stereocenters. The lowest BCUT2D eigenvalue weighted by Crippen LogP contribution is -2.53. The van der Waals surface area contributed by atoms with Crippen LogP contribution in [-0.4, -0.2) is 50.8 Å². The Labute approximate surface area is 290 Å². The van der Waals surface area contributed by atoms with Crippen LogP contribution >= 0.6 is 11.8 Å². The maximum Gasteiger partial charge on any atom is 0.333 e. The van der Waals surface area contributed by atoms with Crippen molar-refractivity contribution in [3.8, 4) is 5.75 Å². The number of sulfonamides is 1. The van der Waals surface area contributed by atoms with Crippen LogP contribution in [0.25, 0.3) is 0 Å². The molecule has 0 aliphatic carbocycles. The first-order chi connectivity index (χ1) is 22.8. The van der Waals surface area contributed by atoms with Gasteiger partial charge in [0.05, 0.1) is 16.1 Å². The van der Waals surface area contributed by atoms with Crippen LogP contribution in [0.4, 0.5) is 11.4 Å². The summed E-state index contributed by atoms with van der Waals surface area (Å²) in [6, 6.07) is 21.0. The summed E-state index contributed by atoms with van der Waals surface area (Å²) < 4.78 is 43.3. The Morgan fingerprint density at radius 1 is 0.979 bits per heavy atom. The lowest BCUT2D eigenvalue weighted by atomic mass is 9.87. The van der Waals surface area contributed by atoms with Crippen LogP contribution in [0.1, 0.15) is 84.7 Å². The number of para-hydroxylation sites is 1. The molecule has 0 spiro atoms. The standard InChI is InChI=1S/C37H49N3O6S2/c1-7-9-21-37(22-10-8-2)26-40(28-19-15-12-16-20-28)29-23-31(47-6)30(24-32(29)48(43,44)39-37)45-25-33(41)38-34(27-17-13-11-14-18-27)35(42)46-36(3,4)5/h11-20,23-24,34,39H,7-10,21-22,25-26H2,1-6H3,(H,38,41)/t34-/m1/s1. The monoisotopic (exact) mass is 695 g/mol. The van der Waals surface area contributed by atoms with E-state index >= 15 is 0 Å². The molecule has 2 N–H and O–H groups in total. The fourth-order valence-corrected chi connectivity index (χ4v) is 8.08. The Hall–Kier alpha value is -3.54. The second-order valence-electron chi connectivity index (χ2n) is 13.2. The molecule has 0 saturated heterocycles. The number of benzene rings is 3. The van der Waals surface area contributed by atoms with Gasteiger partial charge < -0.3 is 19.7 Å². The molecule has 0 bridgehead atoms. The van der Waals surface area contributed by atoms with Crippen molar-refractivity contribution in [3.05, 3.63) is 78.4 Å². The van der Waals surface area contributed by atoms with Gasteiger partial charge in [0.15, 0.2) is 12.6 Å². The van der Waals surface area contributed by atoms with Gasteiger partial charge in [-0.3, -0.25) is 4.79 Å². The SMILES string of the molecule is CCCCC1(CCCC)CN(c2ccccc2)c2cc(SC)c(OCC(=O)N[C@@H](C(=O)OC(C)(C)C)c3ccccc3)cc2S(=O)(=O)N1. The summed E-state index contributed by atoms with van der Waals surface area (Å²) in [5.74, 6) is -0.885. The molecule has 1 aliphatic heterocycles. The third kappa shape index (κ3) is 9.54. The number of nitrogens with one attached hydrogen (secondary N) is 2. The summed E-state index contributed by atoms with van der Waals surface area (Å²) in [7, 11) is -4.00. The first-order valence-electron chi connectivity index (χ1n) is 16.6. The average Bonchev–Trinajstić information content (AvgIpc) is 3.15. The van der Waals surface area contributed by atoms with Gasteiger partial charge in [0, 0.05) is 18.3 Å². The first-order valence-corrected chi connectivity index (χ1v) is 19.3. The van der Waals surface area contributed by atoms with Crippen molar-refractivity contribution in [1.82, 2.24) is 10.0 Å². The van der Waals surface area contributed by atoms with Crippen LogP contribution < -0.4 is 19.7 Å². The van der Waals surface area contributed by atoms with Crippen molar-refractivity contribution in [2.75, 3.05) is 24.3 Å². The molecule has 0 saturated carbocycles. The Kier molecular flexibility index (Phi) is 12.6. The summed E-state index contributed by atoms with van der Waals surface area (Å²) in [4.78, 5) is 29.2. The normalized spacial score (nSPS) is 15.9. The predicted molar refractivity (Wildman–Crippen MR) is 192 cm³/mol. The van der Waals surface area contributed by atoms with Gasteiger partial charge in [-0.25, -0.2) is 17.9 Å². The number of unbranched alkanes of at least 4 members (excludes halogenated alkanes) is 2. The van der Waals surface area contributed by atoms with Crippen molar-refractivity contribution in [3.63, 3.8) is 0 Å². The summed E-state index contributed by atoms with van der Waals surface area (Å²) in [6.07, 6.45) is 6.97. The van der Waals surface area contributed by atoms with E-state index in [4.69, 9.17) is 9.47 Å². The quantitative estimate of drug-likeness (QED) is 0.131. The minimum atomic E-state index is -4.00. The van der Waals surface area contributed by atoms with E-state index < -0.39 is 45.7 Å². The van der Waals surface area contributed by atoms with Crippen molar-refractivity contribution < 1.29 is 27.5 Å². The van der Waals surface area contributed by atoms with E-state index in [0.717, 1.165) is 31.4 Å². The number of amides is 1. The zero-order chi connectivity index (χ0) is 35.0. The predicted octanol–water partition coefficient (Wildman–Crippen LogP) is 7.54. The second-order valence-corrected chi connectivity index (χ2v) is 15.7. The third-order valence-corrected chi connectivity index (χ3v) is 10.5. The van der Waals surface area contributed by atoms with E-state index in [1.807, 2.05) is 48.7 Å². The molecule has 3 aromatic rings. The van der Waals surface area contributed by atoms with Crippen LogP contribution in [0.5, 0.6) is 5.75 Å². The number of carbonyl (C=O) groups excluding carboxylic acids is 2. The highest BCUT2D eigenvalue weighted by molar-refractivity contribution is 7.98. The lowest BCUT2D eigenvalue weighted by molar-refractivity contribution is -0.159. The van der Waals surface area contributed by atoms with Gasteiger partial charge in [-0.15, -0.1) is 11.8 Å². The zero-order valence-corrected chi connectivity index (χ0v) is 30.5. The van der Waals surface area contributed by atoms with Crippen LogP contribution in [0.2, 0.25) is 0 Å². The topological polar surface area (TPSA) is 114 Å². The Bertz CT molecular complexity index is 1630. The first kappa shape index (κ1) is 37.3. The molecular formula is C37H49N3O6S2. The molecule has 3 aromatic carbocycles. The van der Waals surface area contributed by atoms with Gasteiger partial charge in [0.1, 0.15) is 16.2 Å². The molecule has 0 aromatic heterocycles. The van der Waals surface area contributed by atoms with E-state index in [0.29, 0.717) is 35.5 Å². The van der Waals surface area contributed by atoms with E-state index in [1.54, 1.807) is 45.0 Å². The number of ether oxygens (including phenoxy) is 2. The molecule has 1 heterocycles. The highest BCUT2D eigenvalue weighted by Gasteiger charge is 2.42. The summed E-state index contributed by atoms with van der Waals surface area (Å²) in [5, 5.41) is 2.75. The number of thioether (sulfide) groups is 1. The molecule has 1 amide bonds. The van der Waals surface area contributed by atoms with E-state index in [2.05, 4.69) is 28.8 Å². The summed E-state index contributed by atoms with van der Waals surface area (Å²) >= 11 is 1.40. The molecule has 0 fully saturated rings. The number of nitrogens with zero attached hydrogens (tertiary/aromatic N) is 1. The molecule has 4 rings (SSSR count). The van der Waals surface area contributed by atoms with Gasteiger partial charge >= 0.3 is 5.97 Å². The Balaban J connectivity index is 1.69. The van der Waals surface area contributed by atoms with Crippen molar-refractivity contribution in [1.29, 1.82) is 0 Å². The average molecular weight is 696 g/mol. The van der Waals surface area contributed by atoms with Crippen LogP contribution in [0.3, 0.4) is 0 Å². The van der Waals surface area contributed by atoms with Crippen molar-refractivity contribution in [2.45, 2.75) is 100 Å².